The first-order chi connectivity index (χ1) is 10.3. The minimum absolute atomic E-state index is 0.0192. The maximum atomic E-state index is 12.0. The predicted molar refractivity (Wildman–Crippen MR) is 89.3 cm³/mol. The Morgan fingerprint density at radius 3 is 2.50 bits per heavy atom. The largest absolute Gasteiger partial charge is 0.382 e. The molecule has 0 aliphatic carbocycles. The molecule has 1 heterocycles. The fraction of sp³-hybridized carbons (Fsp3) is 0.154. The topological polar surface area (TPSA) is 107 Å². The molecule has 9 heteroatoms. The van der Waals surface area contributed by atoms with Crippen LogP contribution in [-0.2, 0) is 0 Å². The Morgan fingerprint density at radius 2 is 1.86 bits per heavy atom. The van der Waals surface area contributed by atoms with Gasteiger partial charge in [0.05, 0.1) is 10.0 Å². The first-order valence-electron chi connectivity index (χ1n) is 6.21. The summed E-state index contributed by atoms with van der Waals surface area (Å²) >= 11 is 18.1. The Labute approximate surface area is 141 Å². The molecule has 22 heavy (non-hydrogen) atoms. The van der Waals surface area contributed by atoms with E-state index in [-0.39, 0.29) is 33.1 Å². The van der Waals surface area contributed by atoms with Crippen LogP contribution in [0.1, 0.15) is 17.4 Å². The number of carbonyl (C=O) groups excluding carboxylic acids is 1. The summed E-state index contributed by atoms with van der Waals surface area (Å²) in [7, 11) is 0. The fourth-order valence-corrected chi connectivity index (χ4v) is 2.49. The lowest BCUT2D eigenvalue weighted by Crippen LogP contribution is -2.26. The number of anilines is 2. The number of hydrogen-bond acceptors (Lipinski definition) is 5. The molecule has 1 aromatic carbocycles. The minimum Gasteiger partial charge on any atom is -0.382 e. The van der Waals surface area contributed by atoms with Gasteiger partial charge in [-0.2, -0.15) is 0 Å². The van der Waals surface area contributed by atoms with Crippen LogP contribution >= 0.6 is 34.8 Å². The van der Waals surface area contributed by atoms with Gasteiger partial charge >= 0.3 is 0 Å². The smallest absolute Gasteiger partial charge is 0.273 e. The number of hydrogen-bond donors (Lipinski definition) is 3. The number of halogens is 3. The molecular formula is C13H12Cl3N5O. The standard InChI is InChI=1S/C13H12Cl3N5O/c1-2-19-13(22)10-12(18)21-11(17)9(20-10)6-3-5(14)4-7(15)8(6)16/h3-4H,2H2,1H3,(H,19,22)(H4,17,18,21). The Balaban J connectivity index is 2.66. The van der Waals surface area contributed by atoms with Crippen LogP contribution in [0.5, 0.6) is 0 Å². The Hall–Kier alpha value is -1.76. The van der Waals surface area contributed by atoms with Gasteiger partial charge in [0.2, 0.25) is 0 Å². The summed E-state index contributed by atoms with van der Waals surface area (Å²) in [4.78, 5) is 20.1. The summed E-state index contributed by atoms with van der Waals surface area (Å²) in [6, 6.07) is 3.02. The summed E-state index contributed by atoms with van der Waals surface area (Å²) < 4.78 is 0. The Bertz CT molecular complexity index is 751. The molecule has 1 aromatic heterocycles. The van der Waals surface area contributed by atoms with Gasteiger partial charge < -0.3 is 16.8 Å². The minimum atomic E-state index is -0.460. The molecule has 0 aliphatic heterocycles. The third kappa shape index (κ3) is 3.19. The van der Waals surface area contributed by atoms with Gasteiger partial charge in [-0.3, -0.25) is 4.79 Å². The van der Waals surface area contributed by atoms with Crippen molar-refractivity contribution in [3.8, 4) is 11.3 Å². The van der Waals surface area contributed by atoms with Gasteiger partial charge in [-0.05, 0) is 19.1 Å². The summed E-state index contributed by atoms with van der Waals surface area (Å²) in [5.74, 6) is -0.514. The van der Waals surface area contributed by atoms with Gasteiger partial charge in [0.1, 0.15) is 5.69 Å². The predicted octanol–water partition coefficient (Wildman–Crippen LogP) is 3.02. The van der Waals surface area contributed by atoms with Crippen LogP contribution in [0.2, 0.25) is 15.1 Å². The highest BCUT2D eigenvalue weighted by Crippen LogP contribution is 2.37. The number of nitrogen functional groups attached to an aromatic ring is 2. The van der Waals surface area contributed by atoms with Crippen molar-refractivity contribution < 1.29 is 4.79 Å². The van der Waals surface area contributed by atoms with Gasteiger partial charge in [0.25, 0.3) is 5.91 Å². The van der Waals surface area contributed by atoms with E-state index in [0.29, 0.717) is 17.1 Å². The van der Waals surface area contributed by atoms with E-state index in [0.717, 1.165) is 0 Å². The van der Waals surface area contributed by atoms with Crippen LogP contribution < -0.4 is 16.8 Å². The highest BCUT2D eigenvalue weighted by molar-refractivity contribution is 6.45. The molecule has 0 unspecified atom stereocenters. The number of nitrogens with one attached hydrogen (secondary N) is 1. The van der Waals surface area contributed by atoms with E-state index < -0.39 is 5.91 Å². The van der Waals surface area contributed by atoms with E-state index in [9.17, 15) is 4.79 Å². The van der Waals surface area contributed by atoms with Gasteiger partial charge in [-0.25, -0.2) is 9.97 Å². The van der Waals surface area contributed by atoms with Gasteiger partial charge in [-0.15, -0.1) is 0 Å². The van der Waals surface area contributed by atoms with Crippen molar-refractivity contribution in [1.29, 1.82) is 0 Å². The average molecular weight is 361 g/mol. The van der Waals surface area contributed by atoms with Crippen LogP contribution in [0.4, 0.5) is 11.6 Å². The summed E-state index contributed by atoms with van der Waals surface area (Å²) in [6.07, 6.45) is 0. The van der Waals surface area contributed by atoms with E-state index >= 15 is 0 Å². The maximum Gasteiger partial charge on any atom is 0.273 e. The van der Waals surface area contributed by atoms with Crippen LogP contribution in [0.15, 0.2) is 12.1 Å². The molecule has 6 nitrogen and oxygen atoms in total. The van der Waals surface area contributed by atoms with E-state index in [1.165, 1.54) is 12.1 Å². The van der Waals surface area contributed by atoms with Gasteiger partial charge in [0, 0.05) is 17.1 Å². The van der Waals surface area contributed by atoms with E-state index in [4.69, 9.17) is 46.3 Å². The Kier molecular flexibility index (Phi) is 4.95. The zero-order valence-corrected chi connectivity index (χ0v) is 13.7. The molecule has 0 bridgehead atoms. The number of nitrogens with two attached hydrogens (primary N) is 2. The summed E-state index contributed by atoms with van der Waals surface area (Å²) in [5.41, 5.74) is 12.0. The number of carbonyl (C=O) groups is 1. The number of aromatic nitrogens is 2. The average Bonchev–Trinajstić information content (AvgIpc) is 2.43. The highest BCUT2D eigenvalue weighted by atomic mass is 35.5. The third-order valence-corrected chi connectivity index (χ3v) is 3.77. The molecule has 0 radical (unpaired) electrons. The van der Waals surface area contributed by atoms with Crippen molar-refractivity contribution in [2.24, 2.45) is 0 Å². The van der Waals surface area contributed by atoms with Crippen molar-refractivity contribution in [2.75, 3.05) is 18.0 Å². The SMILES string of the molecule is CCNC(=O)c1nc(-c2cc(Cl)cc(Cl)c2Cl)c(N)nc1N. The zero-order chi connectivity index (χ0) is 16.4. The van der Waals surface area contributed by atoms with Crippen molar-refractivity contribution in [3.63, 3.8) is 0 Å². The molecule has 2 rings (SSSR count). The van der Waals surface area contributed by atoms with Gasteiger partial charge in [0.15, 0.2) is 17.3 Å². The zero-order valence-electron chi connectivity index (χ0n) is 11.5. The van der Waals surface area contributed by atoms with E-state index in [2.05, 4.69) is 15.3 Å². The fourth-order valence-electron chi connectivity index (χ4n) is 1.80. The quantitative estimate of drug-likeness (QED) is 0.729. The van der Waals surface area contributed by atoms with Crippen LogP contribution in [0.3, 0.4) is 0 Å². The molecular weight excluding hydrogens is 349 g/mol. The summed E-state index contributed by atoms with van der Waals surface area (Å²) in [5, 5.41) is 3.38. The number of nitrogens with zero attached hydrogens (tertiary/aromatic N) is 2. The second kappa shape index (κ2) is 6.56. The van der Waals surface area contributed by atoms with Gasteiger partial charge in [-0.1, -0.05) is 34.8 Å². The van der Waals surface area contributed by atoms with Crippen molar-refractivity contribution in [3.05, 3.63) is 32.9 Å². The number of amides is 1. The highest BCUT2D eigenvalue weighted by Gasteiger charge is 2.20. The summed E-state index contributed by atoms with van der Waals surface area (Å²) in [6.45, 7) is 2.19. The maximum absolute atomic E-state index is 12.0. The normalized spacial score (nSPS) is 10.5. The molecule has 1 amide bonds. The van der Waals surface area contributed by atoms with Crippen LogP contribution in [0, 0.1) is 0 Å². The first kappa shape index (κ1) is 16.6. The number of rotatable bonds is 3. The third-order valence-electron chi connectivity index (χ3n) is 2.75. The first-order valence-corrected chi connectivity index (χ1v) is 7.34. The Morgan fingerprint density at radius 1 is 1.18 bits per heavy atom. The second-order valence-corrected chi connectivity index (χ2v) is 5.52. The number of benzene rings is 1. The molecule has 0 aliphatic rings. The molecule has 5 N–H and O–H groups in total. The molecule has 116 valence electrons. The van der Waals surface area contributed by atoms with E-state index in [1.54, 1.807) is 6.92 Å². The lowest BCUT2D eigenvalue weighted by Gasteiger charge is -2.12. The van der Waals surface area contributed by atoms with Crippen molar-refractivity contribution >= 4 is 52.3 Å². The molecule has 0 fully saturated rings. The second-order valence-electron chi connectivity index (χ2n) is 4.30. The monoisotopic (exact) mass is 359 g/mol. The lowest BCUT2D eigenvalue weighted by atomic mass is 10.1. The van der Waals surface area contributed by atoms with Crippen molar-refractivity contribution in [1.82, 2.24) is 15.3 Å². The van der Waals surface area contributed by atoms with Crippen LogP contribution in [0.25, 0.3) is 11.3 Å². The van der Waals surface area contributed by atoms with Crippen LogP contribution in [-0.4, -0.2) is 22.4 Å². The molecule has 2 aromatic rings. The molecule has 0 spiro atoms. The molecule has 0 saturated carbocycles. The lowest BCUT2D eigenvalue weighted by molar-refractivity contribution is 0.0951. The van der Waals surface area contributed by atoms with Crippen molar-refractivity contribution in [2.45, 2.75) is 6.92 Å². The molecule has 0 saturated heterocycles. The van der Waals surface area contributed by atoms with E-state index in [1.807, 2.05) is 0 Å². The molecule has 0 atom stereocenters.